The molecule has 4 heteroatoms. The number of aromatic nitrogens is 1. The van der Waals surface area contributed by atoms with Gasteiger partial charge in [0.25, 0.3) is 0 Å². The van der Waals surface area contributed by atoms with E-state index in [-0.39, 0.29) is 24.0 Å². The highest BCUT2D eigenvalue weighted by Crippen LogP contribution is 2.28. The lowest BCUT2D eigenvalue weighted by Gasteiger charge is -2.30. The van der Waals surface area contributed by atoms with E-state index in [0.717, 1.165) is 25.0 Å². The molecule has 0 radical (unpaired) electrons. The smallest absolute Gasteiger partial charge is 0.323 e. The average molecular weight is 262 g/mol. The lowest BCUT2D eigenvalue weighted by Crippen LogP contribution is -2.44. The number of hydrogen-bond acceptors (Lipinski definition) is 4. The quantitative estimate of drug-likeness (QED) is 0.846. The Morgan fingerprint density at radius 1 is 1.53 bits per heavy atom. The Morgan fingerprint density at radius 3 is 3.00 bits per heavy atom. The number of pyridine rings is 1. The van der Waals surface area contributed by atoms with Crippen molar-refractivity contribution < 1.29 is 9.53 Å². The van der Waals surface area contributed by atoms with Gasteiger partial charge in [0.05, 0.1) is 18.8 Å². The number of rotatable bonds is 4. The largest absolute Gasteiger partial charge is 0.468 e. The Morgan fingerprint density at radius 2 is 2.32 bits per heavy atom. The van der Waals surface area contributed by atoms with Crippen LogP contribution in [0, 0.1) is 5.92 Å². The summed E-state index contributed by atoms with van der Waals surface area (Å²) in [6.45, 7) is 4.05. The first-order chi connectivity index (χ1) is 9.13. The van der Waals surface area contributed by atoms with Crippen LogP contribution < -0.4 is 5.32 Å². The first kappa shape index (κ1) is 14.0. The van der Waals surface area contributed by atoms with Crippen LogP contribution in [0.4, 0.5) is 0 Å². The van der Waals surface area contributed by atoms with Gasteiger partial charge in [-0.15, -0.1) is 0 Å². The molecule has 2 atom stereocenters. The summed E-state index contributed by atoms with van der Waals surface area (Å²) in [5.74, 6) is -0.000377. The predicted octanol–water partition coefficient (Wildman–Crippen LogP) is 2.25. The predicted molar refractivity (Wildman–Crippen MR) is 73.7 cm³/mol. The van der Waals surface area contributed by atoms with E-state index in [1.807, 2.05) is 26.1 Å². The maximum absolute atomic E-state index is 11.8. The summed E-state index contributed by atoms with van der Waals surface area (Å²) < 4.78 is 4.88. The maximum atomic E-state index is 11.8. The SMILES string of the molecule is COC(=O)C(NC1CCCc2cccnc21)C(C)C. The van der Waals surface area contributed by atoms with E-state index >= 15 is 0 Å². The fraction of sp³-hybridized carbons (Fsp3) is 0.600. The van der Waals surface area contributed by atoms with Crippen LogP contribution in [0.25, 0.3) is 0 Å². The van der Waals surface area contributed by atoms with E-state index in [1.165, 1.54) is 12.7 Å². The molecule has 0 saturated carbocycles. The van der Waals surface area contributed by atoms with Crippen LogP contribution in [-0.4, -0.2) is 24.1 Å². The standard InChI is InChI=1S/C15H22N2O2/c1-10(2)13(15(18)19-3)17-12-8-4-6-11-7-5-9-16-14(11)12/h5,7,9-10,12-13,17H,4,6,8H2,1-3H3. The first-order valence-electron chi connectivity index (χ1n) is 6.91. The third-order valence-corrected chi connectivity index (χ3v) is 3.70. The second kappa shape index (κ2) is 6.15. The molecule has 2 unspecified atom stereocenters. The molecule has 4 nitrogen and oxygen atoms in total. The van der Waals surface area contributed by atoms with Gasteiger partial charge in [-0.3, -0.25) is 15.1 Å². The third-order valence-electron chi connectivity index (χ3n) is 3.70. The summed E-state index contributed by atoms with van der Waals surface area (Å²) in [6, 6.07) is 3.97. The summed E-state index contributed by atoms with van der Waals surface area (Å²) in [5.41, 5.74) is 2.38. The van der Waals surface area contributed by atoms with Crippen molar-refractivity contribution in [2.75, 3.05) is 7.11 Å². The molecular weight excluding hydrogens is 240 g/mol. The second-order valence-electron chi connectivity index (χ2n) is 5.40. The molecule has 1 aliphatic rings. The zero-order chi connectivity index (χ0) is 13.8. The lowest BCUT2D eigenvalue weighted by molar-refractivity contribution is -0.144. The van der Waals surface area contributed by atoms with Crippen molar-refractivity contribution in [3.63, 3.8) is 0 Å². The number of methoxy groups -OCH3 is 1. The van der Waals surface area contributed by atoms with Crippen molar-refractivity contribution in [2.45, 2.75) is 45.2 Å². The molecule has 1 heterocycles. The van der Waals surface area contributed by atoms with Gasteiger partial charge in [-0.05, 0) is 36.8 Å². The van der Waals surface area contributed by atoms with Gasteiger partial charge >= 0.3 is 5.97 Å². The van der Waals surface area contributed by atoms with Gasteiger partial charge in [-0.2, -0.15) is 0 Å². The van der Waals surface area contributed by atoms with Gasteiger partial charge in [0.2, 0.25) is 0 Å². The minimum Gasteiger partial charge on any atom is -0.468 e. The Kier molecular flexibility index (Phi) is 4.53. The number of carbonyl (C=O) groups is 1. The average Bonchev–Trinajstić information content (AvgIpc) is 2.43. The van der Waals surface area contributed by atoms with E-state index in [0.29, 0.717) is 0 Å². The zero-order valence-electron chi connectivity index (χ0n) is 11.8. The zero-order valence-corrected chi connectivity index (χ0v) is 11.8. The Balaban J connectivity index is 2.17. The minimum atomic E-state index is -0.275. The lowest BCUT2D eigenvalue weighted by atomic mass is 9.90. The highest BCUT2D eigenvalue weighted by atomic mass is 16.5. The fourth-order valence-corrected chi connectivity index (χ4v) is 2.65. The number of nitrogens with zero attached hydrogens (tertiary/aromatic N) is 1. The molecule has 1 aromatic heterocycles. The van der Waals surface area contributed by atoms with Crippen LogP contribution in [0.1, 0.15) is 44.0 Å². The topological polar surface area (TPSA) is 51.2 Å². The summed E-state index contributed by atoms with van der Waals surface area (Å²) in [6.07, 6.45) is 5.04. The molecule has 0 amide bonds. The molecule has 0 saturated heterocycles. The molecule has 1 aromatic rings. The summed E-state index contributed by atoms with van der Waals surface area (Å²) >= 11 is 0. The summed E-state index contributed by atoms with van der Waals surface area (Å²) in [5, 5.41) is 3.43. The number of nitrogens with one attached hydrogen (secondary N) is 1. The highest BCUT2D eigenvalue weighted by molar-refractivity contribution is 5.76. The number of esters is 1. The van der Waals surface area contributed by atoms with Gasteiger partial charge in [0.15, 0.2) is 0 Å². The molecule has 104 valence electrons. The summed E-state index contributed by atoms with van der Waals surface area (Å²) in [7, 11) is 1.44. The van der Waals surface area contributed by atoms with Crippen molar-refractivity contribution in [2.24, 2.45) is 5.92 Å². The van der Waals surface area contributed by atoms with Gasteiger partial charge in [-0.25, -0.2) is 0 Å². The molecule has 0 aromatic carbocycles. The van der Waals surface area contributed by atoms with Gasteiger partial charge < -0.3 is 4.74 Å². The highest BCUT2D eigenvalue weighted by Gasteiger charge is 2.29. The summed E-state index contributed by atoms with van der Waals surface area (Å²) in [4.78, 5) is 16.3. The van der Waals surface area contributed by atoms with Crippen molar-refractivity contribution in [1.29, 1.82) is 0 Å². The molecular formula is C15H22N2O2. The number of hydrogen-bond donors (Lipinski definition) is 1. The van der Waals surface area contributed by atoms with Crippen LogP contribution in [0.5, 0.6) is 0 Å². The minimum absolute atomic E-state index is 0.149. The van der Waals surface area contributed by atoms with Gasteiger partial charge in [0.1, 0.15) is 6.04 Å². The van der Waals surface area contributed by atoms with Crippen LogP contribution in [0.15, 0.2) is 18.3 Å². The van der Waals surface area contributed by atoms with E-state index in [2.05, 4.69) is 16.4 Å². The molecule has 2 rings (SSSR count). The Hall–Kier alpha value is -1.42. The fourth-order valence-electron chi connectivity index (χ4n) is 2.65. The Bertz CT molecular complexity index is 446. The van der Waals surface area contributed by atoms with Crippen molar-refractivity contribution in [1.82, 2.24) is 10.3 Å². The second-order valence-corrected chi connectivity index (χ2v) is 5.40. The number of fused-ring (bicyclic) bond motifs is 1. The molecule has 0 spiro atoms. The molecule has 0 bridgehead atoms. The van der Waals surface area contributed by atoms with Crippen LogP contribution in [-0.2, 0) is 16.0 Å². The Labute approximate surface area is 114 Å². The number of ether oxygens (including phenoxy) is 1. The molecule has 0 aliphatic heterocycles. The van der Waals surface area contributed by atoms with Crippen LogP contribution >= 0.6 is 0 Å². The van der Waals surface area contributed by atoms with E-state index in [1.54, 1.807) is 0 Å². The normalized spacial score (nSPS) is 19.9. The van der Waals surface area contributed by atoms with E-state index in [9.17, 15) is 4.79 Å². The first-order valence-corrected chi connectivity index (χ1v) is 6.91. The molecule has 0 fully saturated rings. The van der Waals surface area contributed by atoms with Crippen molar-refractivity contribution in [3.8, 4) is 0 Å². The molecule has 19 heavy (non-hydrogen) atoms. The van der Waals surface area contributed by atoms with Gasteiger partial charge in [-0.1, -0.05) is 19.9 Å². The monoisotopic (exact) mass is 262 g/mol. The van der Waals surface area contributed by atoms with E-state index in [4.69, 9.17) is 4.74 Å². The van der Waals surface area contributed by atoms with Crippen molar-refractivity contribution >= 4 is 5.97 Å². The third kappa shape index (κ3) is 3.13. The molecule has 1 aliphatic carbocycles. The van der Waals surface area contributed by atoms with Gasteiger partial charge in [0, 0.05) is 6.20 Å². The maximum Gasteiger partial charge on any atom is 0.323 e. The number of aryl methyl sites for hydroxylation is 1. The molecule has 1 N–H and O–H groups in total. The number of carbonyl (C=O) groups excluding carboxylic acids is 1. The van der Waals surface area contributed by atoms with E-state index < -0.39 is 0 Å². The van der Waals surface area contributed by atoms with Crippen molar-refractivity contribution in [3.05, 3.63) is 29.6 Å². The van der Waals surface area contributed by atoms with Crippen LogP contribution in [0.2, 0.25) is 0 Å². The van der Waals surface area contributed by atoms with Crippen LogP contribution in [0.3, 0.4) is 0 Å².